The first-order valence-electron chi connectivity index (χ1n) is 7.68. The standard InChI is InChI=1S/C15H29NOS/c1-3-12(4-2)14(16)13-5-8-17-15(11-13)6-9-18-10-7-15/h12-14H,3-11,16H2,1-2H3. The molecule has 2 N–H and O–H groups in total. The smallest absolute Gasteiger partial charge is 0.0701 e. The van der Waals surface area contributed by atoms with Gasteiger partial charge in [0.1, 0.15) is 0 Å². The molecule has 2 rings (SSSR count). The molecular weight excluding hydrogens is 242 g/mol. The molecule has 2 heterocycles. The van der Waals surface area contributed by atoms with Crippen LogP contribution in [0.4, 0.5) is 0 Å². The van der Waals surface area contributed by atoms with Crippen LogP contribution in [0.25, 0.3) is 0 Å². The van der Waals surface area contributed by atoms with Crippen LogP contribution in [0.5, 0.6) is 0 Å². The van der Waals surface area contributed by atoms with Crippen LogP contribution in [-0.4, -0.2) is 29.8 Å². The summed E-state index contributed by atoms with van der Waals surface area (Å²) in [5.41, 5.74) is 6.74. The number of ether oxygens (including phenoxy) is 1. The zero-order valence-corrected chi connectivity index (χ0v) is 12.8. The minimum absolute atomic E-state index is 0.192. The second-order valence-electron chi connectivity index (χ2n) is 6.05. The minimum atomic E-state index is 0.192. The third kappa shape index (κ3) is 3.23. The first kappa shape index (κ1) is 14.7. The molecular formula is C15H29NOS. The van der Waals surface area contributed by atoms with Gasteiger partial charge in [0.25, 0.3) is 0 Å². The highest BCUT2D eigenvalue weighted by atomic mass is 32.2. The monoisotopic (exact) mass is 271 g/mol. The Morgan fingerprint density at radius 3 is 2.56 bits per heavy atom. The lowest BCUT2D eigenvalue weighted by Gasteiger charge is -2.45. The Bertz CT molecular complexity index is 243. The molecule has 0 aromatic rings. The van der Waals surface area contributed by atoms with Gasteiger partial charge in [0.15, 0.2) is 0 Å². The molecule has 0 amide bonds. The number of rotatable bonds is 4. The third-order valence-electron chi connectivity index (χ3n) is 5.07. The van der Waals surface area contributed by atoms with E-state index in [4.69, 9.17) is 10.5 Å². The fourth-order valence-corrected chi connectivity index (χ4v) is 4.94. The van der Waals surface area contributed by atoms with E-state index in [9.17, 15) is 0 Å². The second-order valence-corrected chi connectivity index (χ2v) is 7.28. The lowest BCUT2D eigenvalue weighted by Crippen LogP contribution is -2.49. The molecule has 0 aliphatic carbocycles. The Morgan fingerprint density at radius 2 is 1.94 bits per heavy atom. The van der Waals surface area contributed by atoms with Gasteiger partial charge in [-0.25, -0.2) is 0 Å². The van der Waals surface area contributed by atoms with Gasteiger partial charge in [0.2, 0.25) is 0 Å². The summed E-state index contributed by atoms with van der Waals surface area (Å²) in [7, 11) is 0. The second kappa shape index (κ2) is 6.62. The van der Waals surface area contributed by atoms with E-state index in [1.54, 1.807) is 0 Å². The maximum absolute atomic E-state index is 6.54. The number of nitrogens with two attached hydrogens (primary N) is 1. The van der Waals surface area contributed by atoms with Crippen molar-refractivity contribution in [3.05, 3.63) is 0 Å². The Kier molecular flexibility index (Phi) is 5.40. The summed E-state index contributed by atoms with van der Waals surface area (Å²) < 4.78 is 6.16. The van der Waals surface area contributed by atoms with E-state index < -0.39 is 0 Å². The molecule has 0 saturated carbocycles. The van der Waals surface area contributed by atoms with E-state index in [0.717, 1.165) is 6.61 Å². The molecule has 0 aromatic heterocycles. The van der Waals surface area contributed by atoms with Crippen molar-refractivity contribution in [3.63, 3.8) is 0 Å². The van der Waals surface area contributed by atoms with E-state index in [1.165, 1.54) is 50.0 Å². The van der Waals surface area contributed by atoms with Gasteiger partial charge < -0.3 is 10.5 Å². The van der Waals surface area contributed by atoms with Crippen molar-refractivity contribution in [1.82, 2.24) is 0 Å². The van der Waals surface area contributed by atoms with Crippen LogP contribution in [0.1, 0.15) is 52.4 Å². The normalized spacial score (nSPS) is 29.7. The fraction of sp³-hybridized carbons (Fsp3) is 1.00. The Morgan fingerprint density at radius 1 is 1.28 bits per heavy atom. The molecule has 0 radical (unpaired) electrons. The summed E-state index contributed by atoms with van der Waals surface area (Å²) in [6.45, 7) is 5.49. The molecule has 2 nitrogen and oxygen atoms in total. The predicted octanol–water partition coefficient (Wildman–Crippen LogP) is 3.44. The Balaban J connectivity index is 1.97. The van der Waals surface area contributed by atoms with Gasteiger partial charge in [-0.1, -0.05) is 26.7 Å². The van der Waals surface area contributed by atoms with Crippen LogP contribution in [0.2, 0.25) is 0 Å². The van der Waals surface area contributed by atoms with Crippen LogP contribution in [0.3, 0.4) is 0 Å². The molecule has 106 valence electrons. The van der Waals surface area contributed by atoms with Gasteiger partial charge in [0.05, 0.1) is 5.60 Å². The highest BCUT2D eigenvalue weighted by molar-refractivity contribution is 7.99. The van der Waals surface area contributed by atoms with Crippen LogP contribution in [-0.2, 0) is 4.74 Å². The molecule has 1 spiro atoms. The zero-order chi connectivity index (χ0) is 13.0. The number of hydrogen-bond donors (Lipinski definition) is 1. The molecule has 0 bridgehead atoms. The van der Waals surface area contributed by atoms with Crippen molar-refractivity contribution in [3.8, 4) is 0 Å². The van der Waals surface area contributed by atoms with Gasteiger partial charge in [-0.15, -0.1) is 0 Å². The van der Waals surface area contributed by atoms with E-state index in [1.807, 2.05) is 0 Å². The average molecular weight is 271 g/mol. The highest BCUT2D eigenvalue weighted by Crippen LogP contribution is 2.41. The lowest BCUT2D eigenvalue weighted by molar-refractivity contribution is -0.108. The molecule has 2 saturated heterocycles. The van der Waals surface area contributed by atoms with Crippen molar-refractivity contribution >= 4 is 11.8 Å². The van der Waals surface area contributed by atoms with Crippen molar-refractivity contribution in [2.24, 2.45) is 17.6 Å². The van der Waals surface area contributed by atoms with Gasteiger partial charge in [0, 0.05) is 12.6 Å². The first-order valence-corrected chi connectivity index (χ1v) is 8.83. The number of hydrogen-bond acceptors (Lipinski definition) is 3. The molecule has 0 aromatic carbocycles. The Hall–Kier alpha value is 0.270. The maximum atomic E-state index is 6.54. The van der Waals surface area contributed by atoms with Crippen molar-refractivity contribution in [2.45, 2.75) is 64.0 Å². The molecule has 3 heteroatoms. The Labute approximate surface area is 116 Å². The average Bonchev–Trinajstić information content (AvgIpc) is 2.41. The molecule has 2 aliphatic heterocycles. The summed E-state index contributed by atoms with van der Waals surface area (Å²) in [4.78, 5) is 0. The molecule has 2 unspecified atom stereocenters. The van der Waals surface area contributed by atoms with Gasteiger partial charge in [-0.3, -0.25) is 0 Å². The van der Waals surface area contributed by atoms with Crippen molar-refractivity contribution < 1.29 is 4.74 Å². The summed E-state index contributed by atoms with van der Waals surface area (Å²) in [5.74, 6) is 3.93. The van der Waals surface area contributed by atoms with Crippen molar-refractivity contribution in [2.75, 3.05) is 18.1 Å². The zero-order valence-electron chi connectivity index (χ0n) is 12.0. The lowest BCUT2D eigenvalue weighted by atomic mass is 9.74. The summed E-state index contributed by atoms with van der Waals surface area (Å²) in [6, 6.07) is 0.385. The quantitative estimate of drug-likeness (QED) is 0.850. The van der Waals surface area contributed by atoms with Crippen LogP contribution in [0, 0.1) is 11.8 Å². The summed E-state index contributed by atoms with van der Waals surface area (Å²) in [6.07, 6.45) is 7.31. The largest absolute Gasteiger partial charge is 0.375 e. The summed E-state index contributed by atoms with van der Waals surface area (Å²) >= 11 is 2.08. The molecule has 2 atom stereocenters. The van der Waals surface area contributed by atoms with E-state index in [0.29, 0.717) is 17.9 Å². The fourth-order valence-electron chi connectivity index (χ4n) is 3.70. The third-order valence-corrected chi connectivity index (χ3v) is 6.06. The van der Waals surface area contributed by atoms with Gasteiger partial charge in [-0.05, 0) is 49.0 Å². The van der Waals surface area contributed by atoms with E-state index in [2.05, 4.69) is 25.6 Å². The highest BCUT2D eigenvalue weighted by Gasteiger charge is 2.41. The molecule has 18 heavy (non-hydrogen) atoms. The summed E-state index contributed by atoms with van der Waals surface area (Å²) in [5, 5.41) is 0. The SMILES string of the molecule is CCC(CC)C(N)C1CCOC2(CCSCC2)C1. The topological polar surface area (TPSA) is 35.2 Å². The first-order chi connectivity index (χ1) is 8.71. The van der Waals surface area contributed by atoms with Crippen LogP contribution in [0.15, 0.2) is 0 Å². The van der Waals surface area contributed by atoms with Gasteiger partial charge in [-0.2, -0.15) is 11.8 Å². The maximum Gasteiger partial charge on any atom is 0.0701 e. The van der Waals surface area contributed by atoms with Crippen LogP contribution >= 0.6 is 11.8 Å². The molecule has 2 fully saturated rings. The van der Waals surface area contributed by atoms with E-state index in [-0.39, 0.29) is 5.60 Å². The van der Waals surface area contributed by atoms with Crippen LogP contribution < -0.4 is 5.73 Å². The minimum Gasteiger partial charge on any atom is -0.375 e. The number of thioether (sulfide) groups is 1. The molecule has 2 aliphatic rings. The van der Waals surface area contributed by atoms with E-state index >= 15 is 0 Å². The van der Waals surface area contributed by atoms with Gasteiger partial charge >= 0.3 is 0 Å². The van der Waals surface area contributed by atoms with Crippen molar-refractivity contribution in [1.29, 1.82) is 0 Å². The predicted molar refractivity (Wildman–Crippen MR) is 80.0 cm³/mol.